The van der Waals surface area contributed by atoms with Crippen LogP contribution in [-0.4, -0.2) is 98.8 Å². The van der Waals surface area contributed by atoms with Crippen LogP contribution in [0.4, 0.5) is 28.4 Å². The van der Waals surface area contributed by atoms with Gasteiger partial charge >= 0.3 is 0 Å². The SMILES string of the molecule is C=C(C)c1ccccc1[C@@H]1CCCN1C1CC2(CCN(c3ccc(C(=O)NS(=O)(=O)c4cc5c(c([N+](=O)[O-])c4)N[C@H](C4CCOCC4)CO5)c(N4CCCOc5nc6[nH]ccc6cc54)c3)CC2)C1. The predicted molar refractivity (Wildman–Crippen MR) is 261 cm³/mol. The van der Waals surface area contributed by atoms with Gasteiger partial charge in [-0.1, -0.05) is 36.4 Å². The Kier molecular flexibility index (Phi) is 11.6. The number of nitrogens with zero attached hydrogens (tertiary/aromatic N) is 5. The molecule has 1 amide bonds. The molecule has 1 saturated carbocycles. The third-order valence-electron chi connectivity index (χ3n) is 15.5. The van der Waals surface area contributed by atoms with E-state index >= 15 is 0 Å². The van der Waals surface area contributed by atoms with Crippen molar-refractivity contribution in [2.24, 2.45) is 11.3 Å². The Morgan fingerprint density at radius 1 is 0.926 bits per heavy atom. The first-order valence-electron chi connectivity index (χ1n) is 24.1. The number of allylic oxidation sites excluding steroid dienone is 1. The van der Waals surface area contributed by atoms with Crippen molar-refractivity contribution in [3.8, 4) is 11.6 Å². The highest BCUT2D eigenvalue weighted by atomic mass is 32.2. The van der Waals surface area contributed by atoms with E-state index in [9.17, 15) is 23.3 Å². The molecule has 1 spiro atoms. The molecule has 3 aromatic carbocycles. The van der Waals surface area contributed by atoms with E-state index in [0.717, 1.165) is 68.0 Å². The van der Waals surface area contributed by atoms with Crippen molar-refractivity contribution in [3.05, 3.63) is 106 Å². The second-order valence-electron chi connectivity index (χ2n) is 19.6. The molecule has 2 atom stereocenters. The minimum Gasteiger partial charge on any atom is -0.489 e. The Hall–Kier alpha value is -6.17. The van der Waals surface area contributed by atoms with Gasteiger partial charge in [0, 0.05) is 74.3 Å². The molecule has 68 heavy (non-hydrogen) atoms. The van der Waals surface area contributed by atoms with Crippen LogP contribution in [0.5, 0.6) is 11.6 Å². The fourth-order valence-corrected chi connectivity index (χ4v) is 12.9. The van der Waals surface area contributed by atoms with Gasteiger partial charge in [-0.25, -0.2) is 13.1 Å². The maximum Gasteiger partial charge on any atom is 0.297 e. The Morgan fingerprint density at radius 2 is 1.74 bits per heavy atom. The molecule has 0 unspecified atom stereocenters. The number of nitrogens with one attached hydrogen (secondary N) is 3. The minimum atomic E-state index is -4.65. The Bertz CT molecular complexity index is 2900. The molecule has 6 aliphatic rings. The van der Waals surface area contributed by atoms with Crippen molar-refractivity contribution in [1.82, 2.24) is 19.6 Å². The second kappa shape index (κ2) is 17.7. The van der Waals surface area contributed by atoms with Crippen LogP contribution in [0.2, 0.25) is 0 Å². The van der Waals surface area contributed by atoms with Gasteiger partial charge < -0.3 is 34.3 Å². The molecule has 16 nitrogen and oxygen atoms in total. The van der Waals surface area contributed by atoms with Gasteiger partial charge in [0.25, 0.3) is 21.6 Å². The molecule has 4 fully saturated rings. The smallest absolute Gasteiger partial charge is 0.297 e. The molecule has 3 N–H and O–H groups in total. The number of aromatic amines is 1. The fourth-order valence-electron chi connectivity index (χ4n) is 11.9. The van der Waals surface area contributed by atoms with Crippen LogP contribution in [-0.2, 0) is 14.8 Å². The zero-order valence-electron chi connectivity index (χ0n) is 38.4. The number of nitro benzene ring substituents is 1. The number of anilines is 4. The normalized spacial score (nSPS) is 22.0. The number of sulfonamides is 1. The zero-order chi connectivity index (χ0) is 46.7. The van der Waals surface area contributed by atoms with Crippen molar-refractivity contribution >= 4 is 61.0 Å². The first-order chi connectivity index (χ1) is 32.9. The molecule has 5 aromatic rings. The van der Waals surface area contributed by atoms with Crippen molar-refractivity contribution in [3.63, 3.8) is 0 Å². The van der Waals surface area contributed by atoms with E-state index in [-0.39, 0.29) is 41.0 Å². The Balaban J connectivity index is 0.857. The number of pyridine rings is 1. The van der Waals surface area contributed by atoms with E-state index in [4.69, 9.17) is 19.2 Å². The summed E-state index contributed by atoms with van der Waals surface area (Å²) in [4.78, 5) is 40.9. The van der Waals surface area contributed by atoms with Crippen LogP contribution in [0.1, 0.15) is 92.2 Å². The number of ether oxygens (including phenoxy) is 3. The largest absolute Gasteiger partial charge is 0.489 e. The molecule has 11 rings (SSSR count). The summed E-state index contributed by atoms with van der Waals surface area (Å²) in [6.45, 7) is 11.5. The summed E-state index contributed by atoms with van der Waals surface area (Å²) in [6.07, 6.45) is 10.8. The van der Waals surface area contributed by atoms with Gasteiger partial charge in [-0.2, -0.15) is 4.98 Å². The summed E-state index contributed by atoms with van der Waals surface area (Å²) in [6, 6.07) is 21.2. The van der Waals surface area contributed by atoms with Crippen LogP contribution >= 0.6 is 0 Å². The van der Waals surface area contributed by atoms with E-state index in [2.05, 4.69) is 62.6 Å². The van der Waals surface area contributed by atoms with Gasteiger partial charge in [-0.05, 0) is 124 Å². The number of amides is 1. The highest BCUT2D eigenvalue weighted by Crippen LogP contribution is 2.54. The third kappa shape index (κ3) is 8.21. The summed E-state index contributed by atoms with van der Waals surface area (Å²) in [7, 11) is -4.65. The van der Waals surface area contributed by atoms with Gasteiger partial charge in [0.15, 0.2) is 11.4 Å². The zero-order valence-corrected chi connectivity index (χ0v) is 39.2. The Morgan fingerprint density at radius 3 is 2.53 bits per heavy atom. The standard InChI is InChI=1S/C51H58N8O8S/c1-32(2)38-7-3-4-8-39(38)42-9-5-18-57(42)36-29-51(30-36)15-20-56(21-16-51)35-10-11-40(43(26-35)58-19-6-22-66-50-45(58)25-34-12-17-52-48(34)54-50)49(60)55-68(63,64)37-27-44(59(61)62)47-46(28-37)67-31-41(53-47)33-13-23-65-24-14-33/h3-4,7-8,10-12,17,25-28,33,36,41-42,53H,1,5-6,9,13-16,18-24,29-31H2,2H3,(H,52,54)(H,55,60)/t41-,42-/m0/s1. The van der Waals surface area contributed by atoms with Gasteiger partial charge in [0.05, 0.1) is 33.7 Å². The van der Waals surface area contributed by atoms with Gasteiger partial charge in [0.2, 0.25) is 5.88 Å². The number of hydrogen-bond acceptors (Lipinski definition) is 13. The molecule has 3 saturated heterocycles. The number of piperidine rings is 1. The molecule has 0 radical (unpaired) electrons. The molecule has 17 heteroatoms. The van der Waals surface area contributed by atoms with E-state index in [1.807, 2.05) is 35.4 Å². The number of carbonyl (C=O) groups is 1. The summed E-state index contributed by atoms with van der Waals surface area (Å²) in [5.41, 5.74) is 6.61. The van der Waals surface area contributed by atoms with Gasteiger partial charge in [-0.15, -0.1) is 0 Å². The molecular weight excluding hydrogens is 885 g/mol. The molecule has 1 aliphatic carbocycles. The molecule has 7 heterocycles. The van der Waals surface area contributed by atoms with Crippen molar-refractivity contribution in [2.75, 3.05) is 67.7 Å². The number of fused-ring (bicyclic) bond motifs is 3. The number of rotatable bonds is 10. The summed E-state index contributed by atoms with van der Waals surface area (Å²) >= 11 is 0. The van der Waals surface area contributed by atoms with Crippen LogP contribution in [0.3, 0.4) is 0 Å². The minimum absolute atomic E-state index is 0.0375. The number of H-pyrrole nitrogens is 1. The first kappa shape index (κ1) is 44.3. The molecule has 2 aromatic heterocycles. The average Bonchev–Trinajstić information content (AvgIpc) is 3.97. The number of benzene rings is 3. The van der Waals surface area contributed by atoms with Crippen LogP contribution in [0.25, 0.3) is 16.6 Å². The number of hydrogen-bond donors (Lipinski definition) is 3. The summed E-state index contributed by atoms with van der Waals surface area (Å²) < 4.78 is 48.3. The average molecular weight is 943 g/mol. The lowest BCUT2D eigenvalue weighted by atomic mass is 9.59. The lowest BCUT2D eigenvalue weighted by Gasteiger charge is -2.56. The second-order valence-corrected chi connectivity index (χ2v) is 21.3. The number of likely N-dealkylation sites (tertiary alicyclic amines) is 1. The molecular formula is C51H58N8O8S. The monoisotopic (exact) mass is 942 g/mol. The van der Waals surface area contributed by atoms with Crippen molar-refractivity contribution in [2.45, 2.75) is 87.7 Å². The highest BCUT2D eigenvalue weighted by Gasteiger charge is 2.50. The fraction of sp³-hybridized carbons (Fsp3) is 0.451. The maximum atomic E-state index is 14.5. The van der Waals surface area contributed by atoms with Crippen molar-refractivity contribution in [1.29, 1.82) is 0 Å². The lowest BCUT2D eigenvalue weighted by molar-refractivity contribution is -0.384. The number of aromatic nitrogens is 2. The van der Waals surface area contributed by atoms with E-state index in [0.29, 0.717) is 67.8 Å². The topological polar surface area (TPSA) is 184 Å². The highest BCUT2D eigenvalue weighted by molar-refractivity contribution is 7.90. The first-order valence-corrected chi connectivity index (χ1v) is 25.6. The van der Waals surface area contributed by atoms with Gasteiger partial charge in [-0.3, -0.25) is 19.8 Å². The summed E-state index contributed by atoms with van der Waals surface area (Å²) in [5, 5.41) is 16.6. The summed E-state index contributed by atoms with van der Waals surface area (Å²) in [5.74, 6) is -0.259. The Labute approximate surface area is 396 Å². The van der Waals surface area contributed by atoms with E-state index in [1.165, 1.54) is 42.9 Å². The van der Waals surface area contributed by atoms with Crippen LogP contribution < -0.4 is 29.3 Å². The third-order valence-corrected chi connectivity index (χ3v) is 16.8. The van der Waals surface area contributed by atoms with Crippen LogP contribution in [0, 0.1) is 21.4 Å². The maximum absolute atomic E-state index is 14.5. The predicted octanol–water partition coefficient (Wildman–Crippen LogP) is 8.73. The molecule has 356 valence electrons. The number of nitro groups is 1. The van der Waals surface area contributed by atoms with Crippen LogP contribution in [0.15, 0.2) is 84.4 Å². The molecule has 5 aliphatic heterocycles. The number of carbonyl (C=O) groups excluding carboxylic acids is 1. The van der Waals surface area contributed by atoms with Crippen molar-refractivity contribution < 1.29 is 32.3 Å². The lowest BCUT2D eigenvalue weighted by Crippen LogP contribution is -2.54. The van der Waals surface area contributed by atoms with Gasteiger partial charge in [0.1, 0.15) is 17.9 Å². The van der Waals surface area contributed by atoms with E-state index in [1.54, 1.807) is 6.07 Å². The quantitative estimate of drug-likeness (QED) is 0.0893. The van der Waals surface area contributed by atoms with E-state index < -0.39 is 31.4 Å². The molecule has 0 bridgehead atoms.